The van der Waals surface area contributed by atoms with Crippen LogP contribution < -0.4 is 4.74 Å². The molecule has 1 aromatic heterocycles. The number of nitrogens with zero attached hydrogens (tertiary/aromatic N) is 2. The lowest BCUT2D eigenvalue weighted by Gasteiger charge is -2.19. The van der Waals surface area contributed by atoms with Crippen LogP contribution in [-0.2, 0) is 9.59 Å². The number of carbonyl (C=O) groups is 2. The van der Waals surface area contributed by atoms with Crippen LogP contribution in [0.5, 0.6) is 5.88 Å². The number of carboxylic acids is 1. The number of amides is 1. The van der Waals surface area contributed by atoms with E-state index in [1.807, 2.05) is 0 Å². The molecule has 1 rings (SSSR count). The van der Waals surface area contributed by atoms with Crippen LogP contribution in [0.1, 0.15) is 12.7 Å². The summed E-state index contributed by atoms with van der Waals surface area (Å²) in [5.41, 5.74) is 0. The molecule has 1 aromatic rings. The van der Waals surface area contributed by atoms with Gasteiger partial charge in [0.2, 0.25) is 0 Å². The van der Waals surface area contributed by atoms with E-state index in [1.54, 1.807) is 13.0 Å². The standard InChI is InChI=1S/C11H16N2O5/c1-7(11(15)16)5-13(3)10(14)6-17-9-4-8(2)18-12-9/h4,7H,5-6H2,1-3H3,(H,15,16). The van der Waals surface area contributed by atoms with Gasteiger partial charge in [-0.05, 0) is 12.1 Å². The highest BCUT2D eigenvalue weighted by Crippen LogP contribution is 2.09. The molecule has 1 unspecified atom stereocenters. The molecule has 0 saturated carbocycles. The van der Waals surface area contributed by atoms with Crippen molar-refractivity contribution >= 4 is 11.9 Å². The third-order valence-electron chi connectivity index (χ3n) is 2.34. The SMILES string of the molecule is Cc1cc(OCC(=O)N(C)CC(C)C(=O)O)no1. The Labute approximate surface area is 104 Å². The highest BCUT2D eigenvalue weighted by Gasteiger charge is 2.18. The van der Waals surface area contributed by atoms with Crippen molar-refractivity contribution < 1.29 is 24.0 Å². The third kappa shape index (κ3) is 4.08. The summed E-state index contributed by atoms with van der Waals surface area (Å²) >= 11 is 0. The molecule has 1 N–H and O–H groups in total. The van der Waals surface area contributed by atoms with Crippen LogP contribution in [-0.4, -0.2) is 47.2 Å². The van der Waals surface area contributed by atoms with Crippen LogP contribution in [0, 0.1) is 12.8 Å². The zero-order valence-electron chi connectivity index (χ0n) is 10.5. The molecule has 0 aliphatic carbocycles. The van der Waals surface area contributed by atoms with Crippen molar-refractivity contribution in [3.8, 4) is 5.88 Å². The first kappa shape index (κ1) is 14.0. The summed E-state index contributed by atoms with van der Waals surface area (Å²) in [6.07, 6.45) is 0. The quantitative estimate of drug-likeness (QED) is 0.798. The van der Waals surface area contributed by atoms with Crippen LogP contribution >= 0.6 is 0 Å². The summed E-state index contributed by atoms with van der Waals surface area (Å²) in [5, 5.41) is 12.3. The molecule has 1 amide bonds. The van der Waals surface area contributed by atoms with E-state index >= 15 is 0 Å². The maximum absolute atomic E-state index is 11.6. The van der Waals surface area contributed by atoms with Crippen LogP contribution in [0.3, 0.4) is 0 Å². The van der Waals surface area contributed by atoms with Crippen molar-refractivity contribution in [3.05, 3.63) is 11.8 Å². The van der Waals surface area contributed by atoms with E-state index in [1.165, 1.54) is 18.9 Å². The monoisotopic (exact) mass is 256 g/mol. The Morgan fingerprint density at radius 1 is 1.61 bits per heavy atom. The van der Waals surface area contributed by atoms with Gasteiger partial charge in [-0.1, -0.05) is 6.92 Å². The molecular weight excluding hydrogens is 240 g/mol. The summed E-state index contributed by atoms with van der Waals surface area (Å²) in [6, 6.07) is 1.56. The second-order valence-corrected chi connectivity index (χ2v) is 4.08. The first-order valence-electron chi connectivity index (χ1n) is 5.43. The summed E-state index contributed by atoms with van der Waals surface area (Å²) in [5.74, 6) is -1.05. The Balaban J connectivity index is 2.38. The predicted octanol–water partition coefficient (Wildman–Crippen LogP) is 0.541. The lowest BCUT2D eigenvalue weighted by atomic mass is 10.2. The number of hydrogen-bond acceptors (Lipinski definition) is 5. The molecule has 1 atom stereocenters. The number of aryl methyl sites for hydroxylation is 1. The first-order chi connectivity index (χ1) is 8.40. The van der Waals surface area contributed by atoms with E-state index in [2.05, 4.69) is 5.16 Å². The lowest BCUT2D eigenvalue weighted by Crippen LogP contribution is -2.36. The topological polar surface area (TPSA) is 92.9 Å². The van der Waals surface area contributed by atoms with Crippen molar-refractivity contribution in [1.82, 2.24) is 10.1 Å². The molecule has 0 spiro atoms. The predicted molar refractivity (Wildman–Crippen MR) is 61.2 cm³/mol. The van der Waals surface area contributed by atoms with Crippen LogP contribution in [0.2, 0.25) is 0 Å². The molecule has 0 radical (unpaired) electrons. The number of rotatable bonds is 6. The molecule has 0 bridgehead atoms. The molecule has 7 nitrogen and oxygen atoms in total. The van der Waals surface area contributed by atoms with Gasteiger partial charge in [-0.25, -0.2) is 0 Å². The molecule has 0 saturated heterocycles. The second-order valence-electron chi connectivity index (χ2n) is 4.08. The largest absolute Gasteiger partial charge is 0.481 e. The van der Waals surface area contributed by atoms with Crippen molar-refractivity contribution in [2.45, 2.75) is 13.8 Å². The van der Waals surface area contributed by atoms with Gasteiger partial charge in [-0.3, -0.25) is 9.59 Å². The number of ether oxygens (including phenoxy) is 1. The number of aromatic nitrogens is 1. The minimum atomic E-state index is -0.942. The Morgan fingerprint density at radius 3 is 2.78 bits per heavy atom. The number of hydrogen-bond donors (Lipinski definition) is 1. The van der Waals surface area contributed by atoms with Gasteiger partial charge in [0.05, 0.1) is 5.92 Å². The normalized spacial score (nSPS) is 11.9. The minimum absolute atomic E-state index is 0.134. The number of aliphatic carboxylic acids is 1. The molecule has 7 heteroatoms. The molecule has 18 heavy (non-hydrogen) atoms. The molecule has 0 aliphatic heterocycles. The van der Waals surface area contributed by atoms with Gasteiger partial charge in [0.15, 0.2) is 6.61 Å². The summed E-state index contributed by atoms with van der Waals surface area (Å²) in [7, 11) is 1.53. The van der Waals surface area contributed by atoms with E-state index in [9.17, 15) is 9.59 Å². The zero-order valence-corrected chi connectivity index (χ0v) is 10.5. The molecular formula is C11H16N2O5. The fourth-order valence-electron chi connectivity index (χ4n) is 1.25. The minimum Gasteiger partial charge on any atom is -0.481 e. The van der Waals surface area contributed by atoms with Crippen molar-refractivity contribution in [3.63, 3.8) is 0 Å². The van der Waals surface area contributed by atoms with E-state index in [0.29, 0.717) is 5.76 Å². The van der Waals surface area contributed by atoms with Crippen molar-refractivity contribution in [2.75, 3.05) is 20.2 Å². The smallest absolute Gasteiger partial charge is 0.308 e. The Bertz CT molecular complexity index is 429. The Kier molecular flexibility index (Phi) is 4.70. The van der Waals surface area contributed by atoms with E-state index < -0.39 is 11.9 Å². The Morgan fingerprint density at radius 2 is 2.28 bits per heavy atom. The lowest BCUT2D eigenvalue weighted by molar-refractivity contribution is -0.143. The molecule has 0 aromatic carbocycles. The fraction of sp³-hybridized carbons (Fsp3) is 0.545. The average Bonchev–Trinajstić information content (AvgIpc) is 2.71. The molecule has 100 valence electrons. The molecule has 0 aliphatic rings. The highest BCUT2D eigenvalue weighted by atomic mass is 16.5. The van der Waals surface area contributed by atoms with Gasteiger partial charge in [0, 0.05) is 19.7 Å². The Hall–Kier alpha value is -2.05. The van der Waals surface area contributed by atoms with Crippen molar-refractivity contribution in [1.29, 1.82) is 0 Å². The van der Waals surface area contributed by atoms with Crippen LogP contribution in [0.25, 0.3) is 0 Å². The van der Waals surface area contributed by atoms with E-state index in [0.717, 1.165) is 0 Å². The van der Waals surface area contributed by atoms with Crippen LogP contribution in [0.4, 0.5) is 0 Å². The average molecular weight is 256 g/mol. The number of carbonyl (C=O) groups excluding carboxylic acids is 1. The maximum Gasteiger partial charge on any atom is 0.308 e. The van der Waals surface area contributed by atoms with Gasteiger partial charge < -0.3 is 19.3 Å². The van der Waals surface area contributed by atoms with Gasteiger partial charge in [0.25, 0.3) is 11.8 Å². The van der Waals surface area contributed by atoms with Gasteiger partial charge in [0.1, 0.15) is 5.76 Å². The summed E-state index contributed by atoms with van der Waals surface area (Å²) < 4.78 is 9.88. The van der Waals surface area contributed by atoms with Crippen molar-refractivity contribution in [2.24, 2.45) is 5.92 Å². The first-order valence-corrected chi connectivity index (χ1v) is 5.43. The number of likely N-dealkylation sites (N-methyl/N-ethyl adjacent to an activating group) is 1. The summed E-state index contributed by atoms with van der Waals surface area (Å²) in [4.78, 5) is 23.6. The zero-order chi connectivity index (χ0) is 13.7. The van der Waals surface area contributed by atoms with Gasteiger partial charge in [-0.2, -0.15) is 0 Å². The van der Waals surface area contributed by atoms with Crippen LogP contribution in [0.15, 0.2) is 10.6 Å². The second kappa shape index (κ2) is 6.04. The molecule has 1 heterocycles. The van der Waals surface area contributed by atoms with E-state index in [-0.39, 0.29) is 24.9 Å². The summed E-state index contributed by atoms with van der Waals surface area (Å²) in [6.45, 7) is 3.18. The van der Waals surface area contributed by atoms with Gasteiger partial charge >= 0.3 is 5.97 Å². The molecule has 0 fully saturated rings. The van der Waals surface area contributed by atoms with E-state index in [4.69, 9.17) is 14.4 Å². The fourth-order valence-corrected chi connectivity index (χ4v) is 1.25. The highest BCUT2D eigenvalue weighted by molar-refractivity contribution is 5.78. The third-order valence-corrected chi connectivity index (χ3v) is 2.34. The maximum atomic E-state index is 11.6. The number of carboxylic acid groups (broad SMARTS) is 1. The van der Waals surface area contributed by atoms with Gasteiger partial charge in [-0.15, -0.1) is 0 Å².